The first kappa shape index (κ1) is 18.7. The van der Waals surface area contributed by atoms with Gasteiger partial charge in [-0.1, -0.05) is 47.0 Å². The predicted molar refractivity (Wildman–Crippen MR) is 74.1 cm³/mol. The molecule has 0 saturated heterocycles. The molecule has 1 atom stereocenters. The van der Waals surface area contributed by atoms with Crippen LogP contribution in [0.1, 0.15) is 73.6 Å². The fourth-order valence-electron chi connectivity index (χ4n) is 1.53. The van der Waals surface area contributed by atoms with Crippen LogP contribution in [0.15, 0.2) is 0 Å². The molecule has 0 aromatic carbocycles. The Bertz CT molecular complexity index is 207. The topological polar surface area (TPSA) is 34.1 Å². The largest absolute Gasteiger partial charge is 0.300 e. The van der Waals surface area contributed by atoms with Crippen LogP contribution in [0.25, 0.3) is 0 Å². The summed E-state index contributed by atoms with van der Waals surface area (Å²) in [4.78, 5) is 21.3. The van der Waals surface area contributed by atoms with Crippen molar-refractivity contribution in [3.8, 4) is 0 Å². The molecule has 0 aliphatic rings. The molecule has 0 fully saturated rings. The van der Waals surface area contributed by atoms with Crippen molar-refractivity contribution in [2.24, 2.45) is 11.8 Å². The Kier molecular flexibility index (Phi) is 13.0. The fourth-order valence-corrected chi connectivity index (χ4v) is 1.53. The van der Waals surface area contributed by atoms with Crippen molar-refractivity contribution < 1.29 is 9.59 Å². The van der Waals surface area contributed by atoms with Crippen LogP contribution in [0.3, 0.4) is 0 Å². The number of carbonyl (C=O) groups is 2. The van der Waals surface area contributed by atoms with E-state index in [0.717, 1.165) is 12.3 Å². The number of carbonyl (C=O) groups excluding carboxylic acids is 2. The van der Waals surface area contributed by atoms with Crippen molar-refractivity contribution in [1.29, 1.82) is 0 Å². The molecule has 102 valence electrons. The Morgan fingerprint density at radius 3 is 1.71 bits per heavy atom. The smallest absolute Gasteiger partial charge is 0.133 e. The van der Waals surface area contributed by atoms with Gasteiger partial charge in [0.05, 0.1) is 0 Å². The molecule has 0 radical (unpaired) electrons. The van der Waals surface area contributed by atoms with Crippen LogP contribution in [0.4, 0.5) is 0 Å². The van der Waals surface area contributed by atoms with Crippen LogP contribution in [-0.4, -0.2) is 11.6 Å². The Hall–Kier alpha value is -0.660. The maximum Gasteiger partial charge on any atom is 0.133 e. The van der Waals surface area contributed by atoms with Crippen LogP contribution in [-0.2, 0) is 9.59 Å². The lowest BCUT2D eigenvalue weighted by molar-refractivity contribution is -0.125. The van der Waals surface area contributed by atoms with E-state index in [2.05, 4.69) is 20.8 Å². The molecule has 0 spiro atoms. The molecule has 0 unspecified atom stereocenters. The summed E-state index contributed by atoms with van der Waals surface area (Å²) in [6.07, 6.45) is 5.33. The summed E-state index contributed by atoms with van der Waals surface area (Å²) in [6.45, 7) is 11.8. The fraction of sp³-hybridized carbons (Fsp3) is 0.867. The Morgan fingerprint density at radius 1 is 1.06 bits per heavy atom. The van der Waals surface area contributed by atoms with Gasteiger partial charge in [0.25, 0.3) is 0 Å². The highest BCUT2D eigenvalue weighted by Gasteiger charge is 2.12. The average molecular weight is 242 g/mol. The lowest BCUT2D eigenvalue weighted by Gasteiger charge is -2.06. The zero-order valence-electron chi connectivity index (χ0n) is 12.5. The summed E-state index contributed by atoms with van der Waals surface area (Å²) in [6, 6.07) is 0. The van der Waals surface area contributed by atoms with E-state index in [-0.39, 0.29) is 17.5 Å². The van der Waals surface area contributed by atoms with Crippen LogP contribution < -0.4 is 0 Å². The van der Waals surface area contributed by atoms with Gasteiger partial charge in [-0.25, -0.2) is 0 Å². The van der Waals surface area contributed by atoms with Gasteiger partial charge in [0, 0.05) is 12.3 Å². The van der Waals surface area contributed by atoms with E-state index in [4.69, 9.17) is 0 Å². The molecule has 17 heavy (non-hydrogen) atoms. The summed E-state index contributed by atoms with van der Waals surface area (Å²) in [5.41, 5.74) is 0. The lowest BCUT2D eigenvalue weighted by atomic mass is 9.96. The van der Waals surface area contributed by atoms with E-state index in [0.29, 0.717) is 6.42 Å². The molecule has 0 aromatic heterocycles. The average Bonchev–Trinajstić information content (AvgIpc) is 2.23. The van der Waals surface area contributed by atoms with Crippen molar-refractivity contribution in [3.63, 3.8) is 0 Å². The summed E-state index contributed by atoms with van der Waals surface area (Å²) >= 11 is 0. The third-order valence-corrected chi connectivity index (χ3v) is 2.74. The zero-order valence-corrected chi connectivity index (χ0v) is 12.5. The first-order valence-electron chi connectivity index (χ1n) is 6.84. The maximum atomic E-state index is 10.8. The van der Waals surface area contributed by atoms with E-state index in [9.17, 15) is 9.59 Å². The molecule has 0 amide bonds. The molecule has 0 N–H and O–H groups in total. The molecule has 0 rings (SSSR count). The van der Waals surface area contributed by atoms with Crippen molar-refractivity contribution in [1.82, 2.24) is 0 Å². The van der Waals surface area contributed by atoms with E-state index >= 15 is 0 Å². The molecule has 2 nitrogen and oxygen atoms in total. The van der Waals surface area contributed by atoms with Crippen molar-refractivity contribution in [2.45, 2.75) is 73.6 Å². The third kappa shape index (κ3) is 15.3. The number of ketones is 2. The van der Waals surface area contributed by atoms with Gasteiger partial charge in [0.2, 0.25) is 0 Å². The Morgan fingerprint density at radius 2 is 1.59 bits per heavy atom. The summed E-state index contributed by atoms with van der Waals surface area (Å²) < 4.78 is 0. The van der Waals surface area contributed by atoms with Gasteiger partial charge in [-0.2, -0.15) is 0 Å². The van der Waals surface area contributed by atoms with Gasteiger partial charge in [-0.3, -0.25) is 4.79 Å². The van der Waals surface area contributed by atoms with Gasteiger partial charge in [0.1, 0.15) is 11.6 Å². The molecule has 0 aliphatic carbocycles. The monoisotopic (exact) mass is 242 g/mol. The van der Waals surface area contributed by atoms with E-state index in [1.807, 2.05) is 6.92 Å². The highest BCUT2D eigenvalue weighted by atomic mass is 16.1. The number of unbranched alkanes of at least 4 members (excludes halogenated alkanes) is 1. The number of Topliss-reactive ketones (excluding diaryl/α,β-unsaturated/α-hetero) is 2. The van der Waals surface area contributed by atoms with Crippen molar-refractivity contribution >= 4 is 11.6 Å². The number of rotatable bonds is 7. The van der Waals surface area contributed by atoms with Crippen LogP contribution in [0.5, 0.6) is 0 Å². The van der Waals surface area contributed by atoms with E-state index in [1.54, 1.807) is 0 Å². The second-order valence-electron chi connectivity index (χ2n) is 5.16. The molecule has 0 heterocycles. The zero-order chi connectivity index (χ0) is 13.8. The molecule has 0 aromatic rings. The minimum absolute atomic E-state index is 0.0440. The predicted octanol–water partition coefficient (Wildman–Crippen LogP) is 4.41. The van der Waals surface area contributed by atoms with E-state index < -0.39 is 0 Å². The highest BCUT2D eigenvalue weighted by Crippen LogP contribution is 2.09. The summed E-state index contributed by atoms with van der Waals surface area (Å²) in [7, 11) is 0. The standard InChI is InChI=1S/C8H14O2.C7H16/c1-4-8(7(3)10)5-6(2)9;1-4-5-6-7(2)3/h8H,4-5H2,1-3H3;7H,4-6H2,1-3H3/t8-;/m1./s1. The molecule has 2 heteroatoms. The van der Waals surface area contributed by atoms with Gasteiger partial charge in [0.15, 0.2) is 0 Å². The van der Waals surface area contributed by atoms with Gasteiger partial charge in [-0.05, 0) is 26.2 Å². The van der Waals surface area contributed by atoms with Crippen molar-refractivity contribution in [3.05, 3.63) is 0 Å². The molecule has 0 aliphatic heterocycles. The normalized spacial score (nSPS) is 11.7. The first-order valence-corrected chi connectivity index (χ1v) is 6.84. The summed E-state index contributed by atoms with van der Waals surface area (Å²) in [5.74, 6) is 1.08. The molecular weight excluding hydrogens is 212 g/mol. The minimum atomic E-state index is -0.0440. The van der Waals surface area contributed by atoms with Crippen LogP contribution >= 0.6 is 0 Å². The van der Waals surface area contributed by atoms with Gasteiger partial charge >= 0.3 is 0 Å². The second-order valence-corrected chi connectivity index (χ2v) is 5.16. The SMILES string of the molecule is CCCCC(C)C.CC[C@H](CC(C)=O)C(C)=O. The molecular formula is C15H30O2. The Labute approximate surface area is 107 Å². The van der Waals surface area contributed by atoms with Gasteiger partial charge in [-0.15, -0.1) is 0 Å². The quantitative estimate of drug-likeness (QED) is 0.662. The van der Waals surface area contributed by atoms with Crippen molar-refractivity contribution in [2.75, 3.05) is 0 Å². The number of hydrogen-bond acceptors (Lipinski definition) is 2. The number of hydrogen-bond donors (Lipinski definition) is 0. The van der Waals surface area contributed by atoms with Gasteiger partial charge < -0.3 is 4.79 Å². The minimum Gasteiger partial charge on any atom is -0.300 e. The third-order valence-electron chi connectivity index (χ3n) is 2.74. The highest BCUT2D eigenvalue weighted by molar-refractivity contribution is 5.85. The molecule has 0 bridgehead atoms. The second kappa shape index (κ2) is 11.8. The van der Waals surface area contributed by atoms with Crippen LogP contribution in [0, 0.1) is 11.8 Å². The molecule has 0 saturated carbocycles. The van der Waals surface area contributed by atoms with Crippen LogP contribution in [0.2, 0.25) is 0 Å². The lowest BCUT2D eigenvalue weighted by Crippen LogP contribution is -2.12. The Balaban J connectivity index is 0. The first-order chi connectivity index (χ1) is 7.84. The maximum absolute atomic E-state index is 10.8. The summed E-state index contributed by atoms with van der Waals surface area (Å²) in [5, 5.41) is 0. The van der Waals surface area contributed by atoms with E-state index in [1.165, 1.54) is 33.1 Å².